The van der Waals surface area contributed by atoms with Crippen LogP contribution in [0.1, 0.15) is 18.4 Å². The Morgan fingerprint density at radius 1 is 1.03 bits per heavy atom. The first kappa shape index (κ1) is 22.3. The van der Waals surface area contributed by atoms with Crippen LogP contribution in [0.4, 0.5) is 0 Å². The molecule has 9 heteroatoms. The summed E-state index contributed by atoms with van der Waals surface area (Å²) in [5.74, 6) is -1.16. The van der Waals surface area contributed by atoms with Crippen LogP contribution in [0.25, 0.3) is 0 Å². The molecule has 1 fully saturated rings. The third kappa shape index (κ3) is 5.59. The second-order valence-corrected chi connectivity index (χ2v) is 9.45. The molecule has 1 heterocycles. The Bertz CT molecular complexity index is 998. The molecule has 2 aromatic carbocycles. The predicted octanol–water partition coefficient (Wildman–Crippen LogP) is 2.17. The van der Waals surface area contributed by atoms with Crippen molar-refractivity contribution in [3.63, 3.8) is 0 Å². The Hall–Kier alpha value is -2.42. The van der Waals surface area contributed by atoms with E-state index in [2.05, 4.69) is 10.6 Å². The number of halogens is 1. The van der Waals surface area contributed by atoms with Crippen molar-refractivity contribution in [2.24, 2.45) is 5.92 Å². The van der Waals surface area contributed by atoms with Crippen molar-refractivity contribution in [2.75, 3.05) is 19.6 Å². The Kier molecular flexibility index (Phi) is 7.47. The number of piperidine rings is 1. The average Bonchev–Trinajstić information content (AvgIpc) is 2.77. The molecule has 0 spiro atoms. The lowest BCUT2D eigenvalue weighted by atomic mass is 9.99. The van der Waals surface area contributed by atoms with Gasteiger partial charge in [0.05, 0.1) is 17.4 Å². The van der Waals surface area contributed by atoms with Gasteiger partial charge in [0.25, 0.3) is 0 Å². The first-order valence-electron chi connectivity index (χ1n) is 9.71. The number of rotatable bonds is 7. The summed E-state index contributed by atoms with van der Waals surface area (Å²) in [6.07, 6.45) is 1.16. The summed E-state index contributed by atoms with van der Waals surface area (Å²) in [6.45, 7) is 0.565. The summed E-state index contributed by atoms with van der Waals surface area (Å²) in [7, 11) is -3.64. The van der Waals surface area contributed by atoms with Crippen LogP contribution >= 0.6 is 11.6 Å². The third-order valence-electron chi connectivity index (χ3n) is 4.99. The summed E-state index contributed by atoms with van der Waals surface area (Å²) in [4.78, 5) is 24.8. The molecule has 2 amide bonds. The van der Waals surface area contributed by atoms with E-state index >= 15 is 0 Å². The van der Waals surface area contributed by atoms with Gasteiger partial charge in [-0.3, -0.25) is 9.59 Å². The molecule has 2 aromatic rings. The fourth-order valence-electron chi connectivity index (χ4n) is 3.33. The fraction of sp³-hybridized carbons (Fsp3) is 0.333. The lowest BCUT2D eigenvalue weighted by molar-refractivity contribution is -0.129. The van der Waals surface area contributed by atoms with Gasteiger partial charge in [-0.05, 0) is 36.6 Å². The summed E-state index contributed by atoms with van der Waals surface area (Å²) >= 11 is 6.06. The Morgan fingerprint density at radius 2 is 1.73 bits per heavy atom. The largest absolute Gasteiger partial charge is 0.350 e. The molecule has 0 aromatic heterocycles. The van der Waals surface area contributed by atoms with Gasteiger partial charge in [0.15, 0.2) is 0 Å². The van der Waals surface area contributed by atoms with E-state index in [1.807, 2.05) is 12.1 Å². The summed E-state index contributed by atoms with van der Waals surface area (Å²) < 4.78 is 26.9. The van der Waals surface area contributed by atoms with E-state index in [0.717, 1.165) is 5.56 Å². The van der Waals surface area contributed by atoms with Crippen molar-refractivity contribution >= 4 is 33.4 Å². The first-order valence-corrected chi connectivity index (χ1v) is 11.5. The molecule has 1 aliphatic heterocycles. The van der Waals surface area contributed by atoms with Crippen LogP contribution in [0.15, 0.2) is 59.5 Å². The molecule has 0 saturated carbocycles. The highest BCUT2D eigenvalue weighted by Gasteiger charge is 2.33. The number of hydrogen-bond acceptors (Lipinski definition) is 4. The standard InChI is InChI=1S/C21H24ClN3O4S/c22-19-11-5-4-7-16(19)13-23-20(26)14-24-21(27)17-8-6-12-25(15-17)30(28,29)18-9-2-1-3-10-18/h1-5,7,9-11,17H,6,8,12-15H2,(H,23,26)(H,24,27)/t17-/m0/s1. The quantitative estimate of drug-likeness (QED) is 0.677. The fourth-order valence-corrected chi connectivity index (χ4v) is 5.07. The molecule has 0 bridgehead atoms. The van der Waals surface area contributed by atoms with E-state index < -0.39 is 15.9 Å². The molecule has 0 radical (unpaired) electrons. The molecule has 0 unspecified atom stereocenters. The van der Waals surface area contributed by atoms with E-state index in [1.54, 1.807) is 42.5 Å². The van der Waals surface area contributed by atoms with Crippen LogP contribution in [-0.2, 0) is 26.2 Å². The van der Waals surface area contributed by atoms with Gasteiger partial charge in [-0.15, -0.1) is 0 Å². The van der Waals surface area contributed by atoms with Crippen molar-refractivity contribution in [1.29, 1.82) is 0 Å². The Balaban J connectivity index is 1.50. The van der Waals surface area contributed by atoms with Crippen molar-refractivity contribution < 1.29 is 18.0 Å². The minimum absolute atomic E-state index is 0.101. The van der Waals surface area contributed by atoms with Gasteiger partial charge in [0.2, 0.25) is 21.8 Å². The number of nitrogens with zero attached hydrogens (tertiary/aromatic N) is 1. The van der Waals surface area contributed by atoms with Crippen LogP contribution in [0, 0.1) is 5.92 Å². The molecule has 0 aliphatic carbocycles. The number of carbonyl (C=O) groups is 2. The number of amides is 2. The molecule has 2 N–H and O–H groups in total. The highest BCUT2D eigenvalue weighted by Crippen LogP contribution is 2.23. The Labute approximate surface area is 181 Å². The van der Waals surface area contributed by atoms with Crippen LogP contribution in [0.3, 0.4) is 0 Å². The SMILES string of the molecule is O=C(CNC(=O)[C@H]1CCCN(S(=O)(=O)c2ccccc2)C1)NCc1ccccc1Cl. The third-order valence-corrected chi connectivity index (χ3v) is 7.24. The van der Waals surface area contributed by atoms with Gasteiger partial charge in [-0.2, -0.15) is 4.31 Å². The van der Waals surface area contributed by atoms with Gasteiger partial charge in [0, 0.05) is 24.7 Å². The van der Waals surface area contributed by atoms with Gasteiger partial charge in [-0.1, -0.05) is 48.0 Å². The van der Waals surface area contributed by atoms with E-state index in [0.29, 0.717) is 24.4 Å². The molecule has 1 aliphatic rings. The zero-order valence-electron chi connectivity index (χ0n) is 16.4. The van der Waals surface area contributed by atoms with Crippen LogP contribution in [0.2, 0.25) is 5.02 Å². The second-order valence-electron chi connectivity index (χ2n) is 7.10. The smallest absolute Gasteiger partial charge is 0.243 e. The molecule has 3 rings (SSSR count). The highest BCUT2D eigenvalue weighted by atomic mass is 35.5. The lowest BCUT2D eigenvalue weighted by Gasteiger charge is -2.31. The lowest BCUT2D eigenvalue weighted by Crippen LogP contribution is -2.47. The molecule has 7 nitrogen and oxygen atoms in total. The van der Waals surface area contributed by atoms with Gasteiger partial charge < -0.3 is 10.6 Å². The van der Waals surface area contributed by atoms with Gasteiger partial charge in [0.1, 0.15) is 0 Å². The molecule has 1 atom stereocenters. The van der Waals surface area contributed by atoms with Crippen molar-refractivity contribution in [3.8, 4) is 0 Å². The summed E-state index contributed by atoms with van der Waals surface area (Å²) in [5.41, 5.74) is 0.785. The average molecular weight is 450 g/mol. The first-order chi connectivity index (χ1) is 14.4. The number of benzene rings is 2. The minimum atomic E-state index is -3.64. The molecule has 30 heavy (non-hydrogen) atoms. The number of carbonyl (C=O) groups excluding carboxylic acids is 2. The highest BCUT2D eigenvalue weighted by molar-refractivity contribution is 7.89. The van der Waals surface area contributed by atoms with Gasteiger partial charge >= 0.3 is 0 Å². The normalized spacial score (nSPS) is 17.3. The van der Waals surface area contributed by atoms with E-state index in [1.165, 1.54) is 4.31 Å². The maximum atomic E-state index is 12.8. The van der Waals surface area contributed by atoms with Crippen LogP contribution < -0.4 is 10.6 Å². The van der Waals surface area contributed by atoms with E-state index in [9.17, 15) is 18.0 Å². The van der Waals surface area contributed by atoms with E-state index in [-0.39, 0.29) is 36.3 Å². The van der Waals surface area contributed by atoms with E-state index in [4.69, 9.17) is 11.6 Å². The van der Waals surface area contributed by atoms with Crippen LogP contribution in [0.5, 0.6) is 0 Å². The number of nitrogens with one attached hydrogen (secondary N) is 2. The maximum Gasteiger partial charge on any atom is 0.243 e. The molecular weight excluding hydrogens is 426 g/mol. The number of hydrogen-bond donors (Lipinski definition) is 2. The monoisotopic (exact) mass is 449 g/mol. The molecular formula is C21H24ClN3O4S. The summed E-state index contributed by atoms with van der Waals surface area (Å²) in [6, 6.07) is 15.4. The van der Waals surface area contributed by atoms with Gasteiger partial charge in [-0.25, -0.2) is 8.42 Å². The van der Waals surface area contributed by atoms with Crippen molar-refractivity contribution in [3.05, 3.63) is 65.2 Å². The molecule has 1 saturated heterocycles. The minimum Gasteiger partial charge on any atom is -0.350 e. The zero-order chi connectivity index (χ0) is 21.6. The van der Waals surface area contributed by atoms with Crippen molar-refractivity contribution in [1.82, 2.24) is 14.9 Å². The van der Waals surface area contributed by atoms with Crippen molar-refractivity contribution in [2.45, 2.75) is 24.3 Å². The topological polar surface area (TPSA) is 95.6 Å². The van der Waals surface area contributed by atoms with Crippen LogP contribution in [-0.4, -0.2) is 44.2 Å². The zero-order valence-corrected chi connectivity index (χ0v) is 18.0. The maximum absolute atomic E-state index is 12.8. The second kappa shape index (κ2) is 10.1. The summed E-state index contributed by atoms with van der Waals surface area (Å²) in [5, 5.41) is 5.88. The Morgan fingerprint density at radius 3 is 2.47 bits per heavy atom. The molecule has 160 valence electrons. The predicted molar refractivity (Wildman–Crippen MR) is 114 cm³/mol. The number of sulfonamides is 1.